The average molecular weight is 189 g/mol. The van der Waals surface area contributed by atoms with Gasteiger partial charge >= 0.3 is 0 Å². The van der Waals surface area contributed by atoms with E-state index < -0.39 is 12.2 Å². The molecule has 0 aliphatic carbocycles. The van der Waals surface area contributed by atoms with E-state index in [0.717, 1.165) is 0 Å². The Morgan fingerprint density at radius 2 is 2.07 bits per heavy atom. The van der Waals surface area contributed by atoms with Gasteiger partial charge in [0.25, 0.3) is 0 Å². The second-order valence-corrected chi connectivity index (χ2v) is 2.57. The highest BCUT2D eigenvalue weighted by molar-refractivity contribution is 5.33. The molecule has 1 aromatic heterocycles. The molecule has 0 spiro atoms. The van der Waals surface area contributed by atoms with Crippen LogP contribution in [0.25, 0.3) is 0 Å². The maximum absolute atomic E-state index is 9.44. The van der Waals surface area contributed by atoms with Crippen LogP contribution >= 0.6 is 0 Å². The Labute approximate surface area is 80.5 Å². The zero-order valence-corrected chi connectivity index (χ0v) is 7.12. The minimum absolute atomic E-state index is 0.00861. The smallest absolute Gasteiger partial charge is 0.170 e. The van der Waals surface area contributed by atoms with Crippen LogP contribution in [0.15, 0.2) is 18.3 Å². The van der Waals surface area contributed by atoms with Crippen molar-refractivity contribution in [1.29, 1.82) is 10.5 Å². The molecule has 1 heterocycles. The predicted molar refractivity (Wildman–Crippen MR) is 45.5 cm³/mol. The van der Waals surface area contributed by atoms with E-state index in [-0.39, 0.29) is 11.3 Å². The minimum atomic E-state index is -1.55. The molecule has 2 atom stereocenters. The molecule has 0 saturated heterocycles. The van der Waals surface area contributed by atoms with Crippen LogP contribution in [0.1, 0.15) is 17.4 Å². The van der Waals surface area contributed by atoms with E-state index >= 15 is 0 Å². The molecule has 0 amide bonds. The molecule has 0 aliphatic rings. The zero-order chi connectivity index (χ0) is 10.6. The van der Waals surface area contributed by atoms with Crippen molar-refractivity contribution in [2.24, 2.45) is 0 Å². The Kier molecular flexibility index (Phi) is 3.14. The number of aromatic nitrogens is 1. The summed E-state index contributed by atoms with van der Waals surface area (Å²) in [5, 5.41) is 35.5. The van der Waals surface area contributed by atoms with Gasteiger partial charge in [0.2, 0.25) is 0 Å². The molecule has 0 radical (unpaired) electrons. The fraction of sp³-hybridized carbons (Fsp3) is 0.222. The molecule has 5 heteroatoms. The number of pyridine rings is 1. The van der Waals surface area contributed by atoms with Crippen LogP contribution in [0.3, 0.4) is 0 Å². The van der Waals surface area contributed by atoms with Crippen LogP contribution in [-0.2, 0) is 0 Å². The molecule has 0 saturated carbocycles. The van der Waals surface area contributed by atoms with Gasteiger partial charge < -0.3 is 10.2 Å². The second-order valence-electron chi connectivity index (χ2n) is 2.57. The quantitative estimate of drug-likeness (QED) is 0.631. The van der Waals surface area contributed by atoms with Crippen LogP contribution in [-0.4, -0.2) is 21.3 Å². The Balaban J connectivity index is 3.08. The van der Waals surface area contributed by atoms with Crippen molar-refractivity contribution in [1.82, 2.24) is 4.98 Å². The van der Waals surface area contributed by atoms with E-state index in [1.165, 1.54) is 24.4 Å². The summed E-state index contributed by atoms with van der Waals surface area (Å²) in [6.45, 7) is 0. The fourth-order valence-corrected chi connectivity index (χ4v) is 0.991. The van der Waals surface area contributed by atoms with Gasteiger partial charge in [0.05, 0.1) is 6.07 Å². The van der Waals surface area contributed by atoms with E-state index in [2.05, 4.69) is 4.98 Å². The summed E-state index contributed by atoms with van der Waals surface area (Å²) in [7, 11) is 0. The zero-order valence-electron chi connectivity index (χ0n) is 7.12. The van der Waals surface area contributed by atoms with Gasteiger partial charge in [-0.1, -0.05) is 6.07 Å². The molecule has 0 aromatic carbocycles. The third kappa shape index (κ3) is 1.86. The van der Waals surface area contributed by atoms with Gasteiger partial charge in [0.15, 0.2) is 6.10 Å². The summed E-state index contributed by atoms with van der Waals surface area (Å²) in [5.41, 5.74) is 0.165. The molecule has 70 valence electrons. The Bertz CT molecular complexity index is 405. The molecular formula is C9H7N3O2. The maximum Gasteiger partial charge on any atom is 0.170 e. The van der Waals surface area contributed by atoms with E-state index in [0.29, 0.717) is 0 Å². The number of aliphatic hydroxyl groups excluding tert-OH is 2. The average Bonchev–Trinajstić information content (AvgIpc) is 2.26. The van der Waals surface area contributed by atoms with Gasteiger partial charge in [0, 0.05) is 11.8 Å². The normalized spacial score (nSPS) is 13.7. The first kappa shape index (κ1) is 10.1. The second kappa shape index (κ2) is 4.33. The summed E-state index contributed by atoms with van der Waals surface area (Å²) in [6, 6.07) is 6.21. The third-order valence-electron chi connectivity index (χ3n) is 1.69. The summed E-state index contributed by atoms with van der Waals surface area (Å²) in [5.74, 6) is 0. The fourth-order valence-electron chi connectivity index (χ4n) is 0.991. The number of aliphatic hydroxyl groups is 2. The molecule has 0 fully saturated rings. The van der Waals surface area contributed by atoms with Crippen molar-refractivity contribution < 1.29 is 10.2 Å². The predicted octanol–water partition coefficient (Wildman–Crippen LogP) is -0.129. The first-order valence-corrected chi connectivity index (χ1v) is 3.81. The molecule has 0 aliphatic heterocycles. The van der Waals surface area contributed by atoms with Crippen molar-refractivity contribution >= 4 is 0 Å². The van der Waals surface area contributed by atoms with E-state index in [9.17, 15) is 5.11 Å². The molecule has 0 bridgehead atoms. The minimum Gasteiger partial charge on any atom is -0.384 e. The standard InChI is InChI=1S/C9H7N3O2/c10-4-7-6(2-1-3-12-7)9(14)8(13)5-11/h1-3,8-9,13-14H. The number of nitriles is 2. The lowest BCUT2D eigenvalue weighted by Gasteiger charge is -2.11. The van der Waals surface area contributed by atoms with Crippen molar-refractivity contribution in [3.63, 3.8) is 0 Å². The van der Waals surface area contributed by atoms with Gasteiger partial charge in [-0.15, -0.1) is 0 Å². The van der Waals surface area contributed by atoms with Crippen LogP contribution in [0, 0.1) is 22.7 Å². The molecule has 5 nitrogen and oxygen atoms in total. The number of rotatable bonds is 2. The van der Waals surface area contributed by atoms with Gasteiger partial charge in [-0.25, -0.2) is 4.98 Å². The topological polar surface area (TPSA) is 101 Å². The van der Waals surface area contributed by atoms with E-state index in [1.54, 1.807) is 6.07 Å². The Hall–Kier alpha value is -1.95. The van der Waals surface area contributed by atoms with Crippen LogP contribution in [0.4, 0.5) is 0 Å². The summed E-state index contributed by atoms with van der Waals surface area (Å²) in [4.78, 5) is 3.69. The number of hydrogen-bond acceptors (Lipinski definition) is 5. The lowest BCUT2D eigenvalue weighted by Crippen LogP contribution is -2.17. The molecule has 1 aromatic rings. The van der Waals surface area contributed by atoms with Crippen molar-refractivity contribution in [2.75, 3.05) is 0 Å². The monoisotopic (exact) mass is 189 g/mol. The van der Waals surface area contributed by atoms with Crippen LogP contribution < -0.4 is 0 Å². The third-order valence-corrected chi connectivity index (χ3v) is 1.69. The summed E-state index contributed by atoms with van der Waals surface area (Å²) >= 11 is 0. The van der Waals surface area contributed by atoms with Gasteiger partial charge in [-0.2, -0.15) is 10.5 Å². The van der Waals surface area contributed by atoms with Crippen LogP contribution in [0.5, 0.6) is 0 Å². The van der Waals surface area contributed by atoms with Gasteiger partial charge in [-0.05, 0) is 6.07 Å². The van der Waals surface area contributed by atoms with Crippen LogP contribution in [0.2, 0.25) is 0 Å². The maximum atomic E-state index is 9.44. The number of nitrogens with zero attached hydrogens (tertiary/aromatic N) is 3. The van der Waals surface area contributed by atoms with E-state index in [1.807, 2.05) is 0 Å². The lowest BCUT2D eigenvalue weighted by molar-refractivity contribution is 0.0523. The molecule has 2 N–H and O–H groups in total. The Morgan fingerprint density at radius 3 is 2.64 bits per heavy atom. The first-order valence-electron chi connectivity index (χ1n) is 3.81. The van der Waals surface area contributed by atoms with Crippen molar-refractivity contribution in [2.45, 2.75) is 12.2 Å². The van der Waals surface area contributed by atoms with Gasteiger partial charge in [-0.3, -0.25) is 0 Å². The van der Waals surface area contributed by atoms with Crippen molar-refractivity contribution in [3.05, 3.63) is 29.6 Å². The van der Waals surface area contributed by atoms with Gasteiger partial charge in [0.1, 0.15) is 17.9 Å². The lowest BCUT2D eigenvalue weighted by atomic mass is 10.0. The van der Waals surface area contributed by atoms with E-state index in [4.69, 9.17) is 15.6 Å². The number of hydrogen-bond donors (Lipinski definition) is 2. The highest BCUT2D eigenvalue weighted by Crippen LogP contribution is 2.18. The molecular weight excluding hydrogens is 182 g/mol. The Morgan fingerprint density at radius 1 is 1.36 bits per heavy atom. The molecule has 2 unspecified atom stereocenters. The summed E-state index contributed by atoms with van der Waals surface area (Å²) in [6.07, 6.45) is -1.55. The molecule has 1 rings (SSSR count). The SMILES string of the molecule is N#Cc1ncccc1C(O)C(O)C#N. The largest absolute Gasteiger partial charge is 0.384 e. The summed E-state index contributed by atoms with van der Waals surface area (Å²) < 4.78 is 0. The van der Waals surface area contributed by atoms with Crippen molar-refractivity contribution in [3.8, 4) is 12.1 Å². The highest BCUT2D eigenvalue weighted by Gasteiger charge is 2.20. The highest BCUT2D eigenvalue weighted by atomic mass is 16.3. The molecule has 14 heavy (non-hydrogen) atoms. The first-order chi connectivity index (χ1) is 6.70.